The van der Waals surface area contributed by atoms with Gasteiger partial charge < -0.3 is 16.0 Å². The van der Waals surface area contributed by atoms with E-state index in [1.165, 1.54) is 12.8 Å². The minimum absolute atomic E-state index is 0. The lowest BCUT2D eigenvalue weighted by atomic mass is 10.1. The summed E-state index contributed by atoms with van der Waals surface area (Å²) in [6.45, 7) is 2.04. The highest BCUT2D eigenvalue weighted by atomic mass is 35.5. The molecule has 3 N–H and O–H groups in total. The quantitative estimate of drug-likeness (QED) is 0.691. The zero-order chi connectivity index (χ0) is 10.5. The Balaban J connectivity index is 0.00000128. The molecule has 0 radical (unpaired) electrons. The van der Waals surface area contributed by atoms with Crippen molar-refractivity contribution in [1.82, 2.24) is 16.0 Å². The van der Waals surface area contributed by atoms with Crippen LogP contribution in [0.3, 0.4) is 0 Å². The van der Waals surface area contributed by atoms with Crippen molar-refractivity contribution in [2.24, 2.45) is 0 Å². The van der Waals surface area contributed by atoms with Gasteiger partial charge in [-0.1, -0.05) is 12.8 Å². The van der Waals surface area contributed by atoms with Crippen LogP contribution in [0.15, 0.2) is 0 Å². The molecule has 0 aromatic carbocycles. The topological polar surface area (TPSA) is 53.2 Å². The number of carbonyl (C=O) groups is 1. The van der Waals surface area contributed by atoms with Crippen molar-refractivity contribution < 1.29 is 4.79 Å². The lowest BCUT2D eigenvalue weighted by molar-refractivity contribution is 0.229. The highest BCUT2D eigenvalue weighted by Crippen LogP contribution is 2.17. The van der Waals surface area contributed by atoms with Crippen molar-refractivity contribution in [1.29, 1.82) is 0 Å². The van der Waals surface area contributed by atoms with Crippen molar-refractivity contribution in [2.45, 2.75) is 50.6 Å². The fourth-order valence-corrected chi connectivity index (χ4v) is 2.45. The molecule has 1 heterocycles. The number of amides is 2. The molecule has 0 aromatic rings. The molecule has 0 atom stereocenters. The summed E-state index contributed by atoms with van der Waals surface area (Å²) in [5, 5.41) is 9.40. The molecule has 1 saturated heterocycles. The molecular weight excluding hydrogens is 226 g/mol. The summed E-state index contributed by atoms with van der Waals surface area (Å²) >= 11 is 0. The Hall–Kier alpha value is -0.480. The Morgan fingerprint density at radius 1 is 0.938 bits per heavy atom. The van der Waals surface area contributed by atoms with Crippen LogP contribution in [-0.2, 0) is 0 Å². The van der Waals surface area contributed by atoms with Gasteiger partial charge in [0.25, 0.3) is 0 Å². The zero-order valence-electron chi connectivity index (χ0n) is 9.63. The van der Waals surface area contributed by atoms with Crippen molar-refractivity contribution in [2.75, 3.05) is 13.1 Å². The number of hydrogen-bond donors (Lipinski definition) is 3. The van der Waals surface area contributed by atoms with Gasteiger partial charge in [0.15, 0.2) is 0 Å². The molecule has 0 aromatic heterocycles. The van der Waals surface area contributed by atoms with E-state index in [0.29, 0.717) is 12.1 Å². The van der Waals surface area contributed by atoms with E-state index in [1.807, 2.05) is 0 Å². The lowest BCUT2D eigenvalue weighted by Crippen LogP contribution is -2.48. The van der Waals surface area contributed by atoms with Gasteiger partial charge in [-0.15, -0.1) is 12.4 Å². The number of carbonyl (C=O) groups excluding carboxylic acids is 1. The monoisotopic (exact) mass is 247 g/mol. The number of nitrogens with one attached hydrogen (secondary N) is 3. The molecule has 0 spiro atoms. The van der Waals surface area contributed by atoms with Crippen LogP contribution < -0.4 is 16.0 Å². The van der Waals surface area contributed by atoms with Crippen LogP contribution in [0, 0.1) is 0 Å². The van der Waals surface area contributed by atoms with E-state index in [1.54, 1.807) is 0 Å². The van der Waals surface area contributed by atoms with Crippen LogP contribution in [0.2, 0.25) is 0 Å². The van der Waals surface area contributed by atoms with Crippen molar-refractivity contribution in [3.63, 3.8) is 0 Å². The highest BCUT2D eigenvalue weighted by molar-refractivity contribution is 5.85. The largest absolute Gasteiger partial charge is 0.335 e. The fraction of sp³-hybridized carbons (Fsp3) is 0.909. The molecule has 4 nitrogen and oxygen atoms in total. The van der Waals surface area contributed by atoms with E-state index in [0.717, 1.165) is 38.8 Å². The van der Waals surface area contributed by atoms with Crippen LogP contribution in [-0.4, -0.2) is 31.2 Å². The summed E-state index contributed by atoms with van der Waals surface area (Å²) in [5.41, 5.74) is 0. The second-order valence-corrected chi connectivity index (χ2v) is 4.62. The number of urea groups is 1. The van der Waals surface area contributed by atoms with Crippen LogP contribution in [0.5, 0.6) is 0 Å². The van der Waals surface area contributed by atoms with E-state index in [2.05, 4.69) is 16.0 Å². The first-order valence-electron chi connectivity index (χ1n) is 6.12. The van der Waals surface area contributed by atoms with Crippen molar-refractivity contribution >= 4 is 18.4 Å². The van der Waals surface area contributed by atoms with Gasteiger partial charge in [-0.05, 0) is 38.8 Å². The molecule has 5 heteroatoms. The first kappa shape index (κ1) is 13.6. The molecular formula is C11H22ClN3O. The normalized spacial score (nSPS) is 22.5. The third-order valence-electron chi connectivity index (χ3n) is 3.36. The third kappa shape index (κ3) is 4.18. The van der Waals surface area contributed by atoms with Gasteiger partial charge in [0.2, 0.25) is 0 Å². The number of piperidine rings is 1. The molecule has 16 heavy (non-hydrogen) atoms. The van der Waals surface area contributed by atoms with E-state index < -0.39 is 0 Å². The van der Waals surface area contributed by atoms with Gasteiger partial charge in [0.05, 0.1) is 0 Å². The Morgan fingerprint density at radius 2 is 1.44 bits per heavy atom. The molecule has 1 saturated carbocycles. The summed E-state index contributed by atoms with van der Waals surface area (Å²) < 4.78 is 0. The molecule has 2 fully saturated rings. The third-order valence-corrected chi connectivity index (χ3v) is 3.36. The predicted octanol–water partition coefficient (Wildman–Crippen LogP) is 1.40. The summed E-state index contributed by atoms with van der Waals surface area (Å²) in [5.74, 6) is 0. The Kier molecular flexibility index (Phi) is 5.91. The predicted molar refractivity (Wildman–Crippen MR) is 67.1 cm³/mol. The number of rotatable bonds is 2. The fourth-order valence-electron chi connectivity index (χ4n) is 2.45. The smallest absolute Gasteiger partial charge is 0.315 e. The summed E-state index contributed by atoms with van der Waals surface area (Å²) in [6.07, 6.45) is 6.94. The summed E-state index contributed by atoms with van der Waals surface area (Å²) in [7, 11) is 0. The molecule has 2 amide bonds. The molecule has 1 aliphatic carbocycles. The molecule has 2 rings (SSSR count). The van der Waals surface area contributed by atoms with E-state index >= 15 is 0 Å². The van der Waals surface area contributed by atoms with Gasteiger partial charge in [-0.2, -0.15) is 0 Å². The van der Waals surface area contributed by atoms with Crippen LogP contribution >= 0.6 is 12.4 Å². The number of halogens is 1. The molecule has 94 valence electrons. The maximum atomic E-state index is 11.6. The highest BCUT2D eigenvalue weighted by Gasteiger charge is 2.19. The molecule has 0 unspecified atom stereocenters. The van der Waals surface area contributed by atoms with Gasteiger partial charge in [-0.25, -0.2) is 4.79 Å². The Morgan fingerprint density at radius 3 is 2.00 bits per heavy atom. The summed E-state index contributed by atoms with van der Waals surface area (Å²) in [4.78, 5) is 11.6. The van der Waals surface area contributed by atoms with Gasteiger partial charge in [-0.3, -0.25) is 0 Å². The van der Waals surface area contributed by atoms with E-state index in [9.17, 15) is 4.79 Å². The minimum atomic E-state index is 0. The van der Waals surface area contributed by atoms with Gasteiger partial charge in [0, 0.05) is 12.1 Å². The molecule has 2 aliphatic rings. The average Bonchev–Trinajstić information content (AvgIpc) is 2.71. The van der Waals surface area contributed by atoms with Crippen LogP contribution in [0.25, 0.3) is 0 Å². The maximum absolute atomic E-state index is 11.6. The molecule has 0 bridgehead atoms. The lowest BCUT2D eigenvalue weighted by Gasteiger charge is -2.24. The first-order valence-corrected chi connectivity index (χ1v) is 6.12. The second kappa shape index (κ2) is 6.97. The maximum Gasteiger partial charge on any atom is 0.315 e. The summed E-state index contributed by atoms with van der Waals surface area (Å²) in [6, 6.07) is 0.827. The van der Waals surface area contributed by atoms with E-state index in [-0.39, 0.29) is 18.4 Å². The van der Waals surface area contributed by atoms with Gasteiger partial charge in [0.1, 0.15) is 0 Å². The molecule has 1 aliphatic heterocycles. The van der Waals surface area contributed by atoms with Gasteiger partial charge >= 0.3 is 6.03 Å². The second-order valence-electron chi connectivity index (χ2n) is 4.62. The number of hydrogen-bond acceptors (Lipinski definition) is 2. The van der Waals surface area contributed by atoms with Crippen LogP contribution in [0.4, 0.5) is 4.79 Å². The average molecular weight is 248 g/mol. The first-order chi connectivity index (χ1) is 7.34. The van der Waals surface area contributed by atoms with Crippen LogP contribution in [0.1, 0.15) is 38.5 Å². The zero-order valence-corrected chi connectivity index (χ0v) is 10.4. The minimum Gasteiger partial charge on any atom is -0.335 e. The Bertz CT molecular complexity index is 213. The standard InChI is InChI=1S/C11H21N3O.ClH/c15-11(13-9-3-1-2-4-9)14-10-5-7-12-8-6-10;/h9-10,12H,1-8H2,(H2,13,14,15);1H. The van der Waals surface area contributed by atoms with Crippen molar-refractivity contribution in [3.05, 3.63) is 0 Å². The van der Waals surface area contributed by atoms with Crippen molar-refractivity contribution in [3.8, 4) is 0 Å². The SMILES string of the molecule is Cl.O=C(NC1CCCC1)NC1CCNCC1. The Labute approximate surface area is 103 Å². The van der Waals surface area contributed by atoms with E-state index in [4.69, 9.17) is 0 Å².